The van der Waals surface area contributed by atoms with Crippen LogP contribution in [0.1, 0.15) is 49.1 Å². The van der Waals surface area contributed by atoms with E-state index < -0.39 is 0 Å². The van der Waals surface area contributed by atoms with Crippen LogP contribution in [-0.2, 0) is 5.41 Å². The number of hydrogen-bond acceptors (Lipinski definition) is 2. The molecule has 1 aromatic carbocycles. The molecule has 1 saturated carbocycles. The Morgan fingerprint density at radius 2 is 2.00 bits per heavy atom. The maximum absolute atomic E-state index is 3.51. The van der Waals surface area contributed by atoms with Gasteiger partial charge >= 0.3 is 0 Å². The molecular weight excluding hydrogens is 232 g/mol. The van der Waals surface area contributed by atoms with Gasteiger partial charge in [0.1, 0.15) is 0 Å². The van der Waals surface area contributed by atoms with Gasteiger partial charge < -0.3 is 10.6 Å². The lowest BCUT2D eigenvalue weighted by molar-refractivity contribution is 0.239. The summed E-state index contributed by atoms with van der Waals surface area (Å²) in [5.41, 5.74) is 3.49. The number of benzene rings is 1. The molecule has 1 heterocycles. The van der Waals surface area contributed by atoms with Gasteiger partial charge in [0.25, 0.3) is 0 Å². The van der Waals surface area contributed by atoms with E-state index in [1.807, 2.05) is 0 Å². The average Bonchev–Trinajstić information content (AvgIpc) is 2.44. The molecule has 1 aliphatic carbocycles. The Bertz CT molecular complexity index is 400. The summed E-state index contributed by atoms with van der Waals surface area (Å²) < 4.78 is 0. The summed E-state index contributed by atoms with van der Waals surface area (Å²) >= 11 is 0. The van der Waals surface area contributed by atoms with Gasteiger partial charge in [-0.25, -0.2) is 0 Å². The first kappa shape index (κ1) is 13.1. The Morgan fingerprint density at radius 1 is 1.21 bits per heavy atom. The monoisotopic (exact) mass is 258 g/mol. The van der Waals surface area contributed by atoms with E-state index in [1.165, 1.54) is 44.2 Å². The quantitative estimate of drug-likeness (QED) is 0.868. The van der Waals surface area contributed by atoms with Crippen LogP contribution in [0, 0.1) is 0 Å². The van der Waals surface area contributed by atoms with Crippen LogP contribution in [0.4, 0.5) is 0 Å². The number of nitrogens with one attached hydrogen (secondary N) is 2. The average molecular weight is 258 g/mol. The van der Waals surface area contributed by atoms with Gasteiger partial charge in [-0.05, 0) is 56.3 Å². The topological polar surface area (TPSA) is 24.1 Å². The van der Waals surface area contributed by atoms with E-state index in [0.29, 0.717) is 5.41 Å². The molecule has 0 amide bonds. The number of rotatable bonds is 4. The van der Waals surface area contributed by atoms with Crippen LogP contribution < -0.4 is 10.6 Å². The van der Waals surface area contributed by atoms with E-state index in [0.717, 1.165) is 19.0 Å². The van der Waals surface area contributed by atoms with Crippen molar-refractivity contribution in [1.29, 1.82) is 0 Å². The van der Waals surface area contributed by atoms with Crippen molar-refractivity contribution in [3.05, 3.63) is 35.4 Å². The van der Waals surface area contributed by atoms with E-state index in [2.05, 4.69) is 41.9 Å². The standard InChI is InChI=1S/C17H26N2/c1-18-13-17(9-3-10-17)16-7-5-14(6-8-16)15-4-2-11-19-12-15/h5-8,15,18-19H,2-4,9-13H2,1H3. The van der Waals surface area contributed by atoms with E-state index in [1.54, 1.807) is 5.56 Å². The highest BCUT2D eigenvalue weighted by molar-refractivity contribution is 5.33. The highest BCUT2D eigenvalue weighted by Gasteiger charge is 2.37. The molecule has 19 heavy (non-hydrogen) atoms. The maximum atomic E-state index is 3.51. The van der Waals surface area contributed by atoms with E-state index in [4.69, 9.17) is 0 Å². The summed E-state index contributed by atoms with van der Waals surface area (Å²) in [5, 5.41) is 6.89. The fraction of sp³-hybridized carbons (Fsp3) is 0.647. The van der Waals surface area contributed by atoms with Crippen molar-refractivity contribution < 1.29 is 0 Å². The zero-order valence-corrected chi connectivity index (χ0v) is 12.0. The van der Waals surface area contributed by atoms with Crippen molar-refractivity contribution in [3.63, 3.8) is 0 Å². The van der Waals surface area contributed by atoms with Gasteiger partial charge in [-0.2, -0.15) is 0 Å². The van der Waals surface area contributed by atoms with Crippen molar-refractivity contribution in [1.82, 2.24) is 10.6 Å². The molecule has 2 heteroatoms. The second kappa shape index (κ2) is 5.64. The first-order valence-corrected chi connectivity index (χ1v) is 7.80. The minimum absolute atomic E-state index is 0.429. The molecule has 0 radical (unpaired) electrons. The highest BCUT2D eigenvalue weighted by Crippen LogP contribution is 2.43. The van der Waals surface area contributed by atoms with Crippen LogP contribution in [0.2, 0.25) is 0 Å². The zero-order valence-electron chi connectivity index (χ0n) is 12.0. The van der Waals surface area contributed by atoms with E-state index >= 15 is 0 Å². The van der Waals surface area contributed by atoms with Crippen LogP contribution in [0.15, 0.2) is 24.3 Å². The predicted octanol–water partition coefficient (Wildman–Crippen LogP) is 2.79. The second-order valence-electron chi connectivity index (χ2n) is 6.33. The van der Waals surface area contributed by atoms with Gasteiger partial charge in [-0.15, -0.1) is 0 Å². The number of likely N-dealkylation sites (N-methyl/N-ethyl adjacent to an activating group) is 1. The van der Waals surface area contributed by atoms with Crippen LogP contribution in [-0.4, -0.2) is 26.7 Å². The van der Waals surface area contributed by atoms with Crippen molar-refractivity contribution in [3.8, 4) is 0 Å². The minimum atomic E-state index is 0.429. The van der Waals surface area contributed by atoms with Crippen molar-refractivity contribution in [2.24, 2.45) is 0 Å². The molecule has 2 fully saturated rings. The lowest BCUT2D eigenvalue weighted by atomic mass is 9.64. The van der Waals surface area contributed by atoms with Crippen LogP contribution in [0.3, 0.4) is 0 Å². The molecule has 1 aromatic rings. The molecule has 1 atom stereocenters. The van der Waals surface area contributed by atoms with Crippen LogP contribution >= 0.6 is 0 Å². The largest absolute Gasteiger partial charge is 0.319 e. The molecule has 0 bridgehead atoms. The third-order valence-electron chi connectivity index (χ3n) is 5.12. The van der Waals surface area contributed by atoms with Gasteiger partial charge in [0.2, 0.25) is 0 Å². The van der Waals surface area contributed by atoms with Gasteiger partial charge in [0.15, 0.2) is 0 Å². The summed E-state index contributed by atoms with van der Waals surface area (Å²) in [7, 11) is 2.07. The summed E-state index contributed by atoms with van der Waals surface area (Å²) in [5.74, 6) is 0.726. The molecule has 1 aliphatic heterocycles. The van der Waals surface area contributed by atoms with E-state index in [-0.39, 0.29) is 0 Å². The second-order valence-corrected chi connectivity index (χ2v) is 6.33. The predicted molar refractivity (Wildman–Crippen MR) is 80.7 cm³/mol. The Kier molecular flexibility index (Phi) is 3.90. The molecule has 1 unspecified atom stereocenters. The van der Waals surface area contributed by atoms with Gasteiger partial charge in [-0.3, -0.25) is 0 Å². The lowest BCUT2D eigenvalue weighted by Gasteiger charge is -2.42. The molecule has 2 nitrogen and oxygen atoms in total. The SMILES string of the molecule is CNCC1(c2ccc(C3CCCNC3)cc2)CCC1. The molecule has 0 aromatic heterocycles. The molecule has 104 valence electrons. The minimum Gasteiger partial charge on any atom is -0.319 e. The Morgan fingerprint density at radius 3 is 2.53 bits per heavy atom. The fourth-order valence-electron chi connectivity index (χ4n) is 3.75. The molecule has 2 aliphatic rings. The van der Waals surface area contributed by atoms with Gasteiger partial charge in [-0.1, -0.05) is 30.7 Å². The smallest absolute Gasteiger partial charge is 0.00776 e. The summed E-state index contributed by atoms with van der Waals surface area (Å²) in [6, 6.07) is 9.53. The Labute approximate surface area is 117 Å². The van der Waals surface area contributed by atoms with Crippen molar-refractivity contribution >= 4 is 0 Å². The van der Waals surface area contributed by atoms with Gasteiger partial charge in [0.05, 0.1) is 0 Å². The normalized spacial score (nSPS) is 25.8. The Hall–Kier alpha value is -0.860. The van der Waals surface area contributed by atoms with Crippen LogP contribution in [0.5, 0.6) is 0 Å². The van der Waals surface area contributed by atoms with Gasteiger partial charge in [0, 0.05) is 18.5 Å². The fourth-order valence-corrected chi connectivity index (χ4v) is 3.75. The molecule has 1 saturated heterocycles. The summed E-state index contributed by atoms with van der Waals surface area (Å²) in [6.45, 7) is 3.47. The first-order chi connectivity index (χ1) is 9.34. The number of piperidine rings is 1. The molecular formula is C17H26N2. The Balaban J connectivity index is 1.74. The summed E-state index contributed by atoms with van der Waals surface area (Å²) in [4.78, 5) is 0. The van der Waals surface area contributed by atoms with E-state index in [9.17, 15) is 0 Å². The molecule has 3 rings (SSSR count). The maximum Gasteiger partial charge on any atom is 0.00776 e. The van der Waals surface area contributed by atoms with Crippen LogP contribution in [0.25, 0.3) is 0 Å². The third kappa shape index (κ3) is 2.56. The highest BCUT2D eigenvalue weighted by atomic mass is 14.9. The lowest BCUT2D eigenvalue weighted by Crippen LogP contribution is -2.42. The molecule has 2 N–H and O–H groups in total. The van der Waals surface area contributed by atoms with Crippen molar-refractivity contribution in [2.75, 3.05) is 26.7 Å². The first-order valence-electron chi connectivity index (χ1n) is 7.80. The zero-order chi connectivity index (χ0) is 13.1. The summed E-state index contributed by atoms with van der Waals surface area (Å²) in [6.07, 6.45) is 6.73. The number of hydrogen-bond donors (Lipinski definition) is 2. The third-order valence-corrected chi connectivity index (χ3v) is 5.12. The van der Waals surface area contributed by atoms with Crippen molar-refractivity contribution in [2.45, 2.75) is 43.4 Å². The molecule has 0 spiro atoms.